The highest BCUT2D eigenvalue weighted by Gasteiger charge is 2.22. The minimum absolute atomic E-state index is 0.0860. The molecule has 0 aliphatic rings. The summed E-state index contributed by atoms with van der Waals surface area (Å²) in [7, 11) is 0. The number of alkyl carbamates (subject to hydrolysis) is 1. The van der Waals surface area contributed by atoms with Crippen molar-refractivity contribution in [2.45, 2.75) is 32.4 Å². The molecule has 0 radical (unpaired) electrons. The fourth-order valence-corrected chi connectivity index (χ4v) is 1.50. The van der Waals surface area contributed by atoms with E-state index in [2.05, 4.69) is 5.32 Å². The number of amides is 1. The minimum atomic E-state index is -1.12. The summed E-state index contributed by atoms with van der Waals surface area (Å²) >= 11 is 0. The van der Waals surface area contributed by atoms with Crippen molar-refractivity contribution >= 4 is 12.1 Å². The summed E-state index contributed by atoms with van der Waals surface area (Å²) in [6.45, 7) is 1.79. The second-order valence-corrected chi connectivity index (χ2v) is 4.46. The smallest absolute Gasteiger partial charge is 0.407 e. The molecule has 0 saturated carbocycles. The molecular formula is C15H21NO5. The largest absolute Gasteiger partial charge is 0.459 e. The number of benzene rings is 1. The van der Waals surface area contributed by atoms with Crippen molar-refractivity contribution in [1.82, 2.24) is 5.32 Å². The van der Waals surface area contributed by atoms with E-state index in [1.165, 1.54) is 0 Å². The molecule has 1 atom stereocenters. The third-order valence-corrected chi connectivity index (χ3v) is 2.71. The normalized spacial score (nSPS) is 11.5. The van der Waals surface area contributed by atoms with Gasteiger partial charge in [0, 0.05) is 0 Å². The zero-order chi connectivity index (χ0) is 15.5. The average molecular weight is 295 g/mol. The second kappa shape index (κ2) is 9.77. The van der Waals surface area contributed by atoms with E-state index in [4.69, 9.17) is 14.6 Å². The van der Waals surface area contributed by atoms with Gasteiger partial charge >= 0.3 is 12.1 Å². The first-order valence-electron chi connectivity index (χ1n) is 6.92. The third kappa shape index (κ3) is 6.76. The zero-order valence-electron chi connectivity index (χ0n) is 12.1. The Morgan fingerprint density at radius 1 is 1.24 bits per heavy atom. The molecule has 0 fully saturated rings. The first kappa shape index (κ1) is 17.0. The summed E-state index contributed by atoms with van der Waals surface area (Å²) in [5, 5.41) is 11.4. The molecule has 0 heterocycles. The van der Waals surface area contributed by atoms with E-state index in [0.29, 0.717) is 0 Å². The molecule has 1 amide bonds. The van der Waals surface area contributed by atoms with Gasteiger partial charge in [-0.2, -0.15) is 0 Å². The molecule has 1 aromatic carbocycles. The van der Waals surface area contributed by atoms with Gasteiger partial charge in [-0.05, 0) is 12.0 Å². The molecule has 0 bridgehead atoms. The third-order valence-electron chi connectivity index (χ3n) is 2.71. The fourth-order valence-electron chi connectivity index (χ4n) is 1.50. The van der Waals surface area contributed by atoms with Crippen LogP contribution in [0, 0.1) is 0 Å². The van der Waals surface area contributed by atoms with Crippen LogP contribution in [0.15, 0.2) is 30.3 Å². The predicted molar refractivity (Wildman–Crippen MR) is 76.5 cm³/mol. The molecule has 116 valence electrons. The maximum atomic E-state index is 11.8. The number of nitrogens with one attached hydrogen (secondary N) is 1. The lowest BCUT2D eigenvalue weighted by Crippen LogP contribution is -2.44. The van der Waals surface area contributed by atoms with Crippen LogP contribution in [0.25, 0.3) is 0 Å². The summed E-state index contributed by atoms with van der Waals surface area (Å²) in [5.41, 5.74) is 0.827. The van der Waals surface area contributed by atoms with Crippen molar-refractivity contribution in [3.63, 3.8) is 0 Å². The molecule has 6 nitrogen and oxygen atoms in total. The summed E-state index contributed by atoms with van der Waals surface area (Å²) in [6.07, 6.45) is 0.907. The number of rotatable bonds is 8. The summed E-state index contributed by atoms with van der Waals surface area (Å²) < 4.78 is 9.90. The molecule has 0 aromatic heterocycles. The Morgan fingerprint density at radius 2 is 1.95 bits per heavy atom. The van der Waals surface area contributed by atoms with Crippen molar-refractivity contribution in [2.75, 3.05) is 13.2 Å². The van der Waals surface area contributed by atoms with Crippen LogP contribution in [0.5, 0.6) is 0 Å². The van der Waals surface area contributed by atoms with Gasteiger partial charge < -0.3 is 19.9 Å². The molecule has 0 spiro atoms. The van der Waals surface area contributed by atoms with E-state index in [0.717, 1.165) is 18.4 Å². The molecule has 0 unspecified atom stereocenters. The lowest BCUT2D eigenvalue weighted by molar-refractivity contribution is -0.148. The maximum absolute atomic E-state index is 11.8. The van der Waals surface area contributed by atoms with Crippen molar-refractivity contribution < 1.29 is 24.2 Å². The number of aliphatic hydroxyl groups excluding tert-OH is 1. The highest BCUT2D eigenvalue weighted by Crippen LogP contribution is 2.02. The van der Waals surface area contributed by atoms with Crippen molar-refractivity contribution in [1.29, 1.82) is 0 Å². The van der Waals surface area contributed by atoms with Crippen LogP contribution in [0.2, 0.25) is 0 Å². The lowest BCUT2D eigenvalue weighted by Gasteiger charge is -2.15. The molecule has 0 saturated heterocycles. The molecule has 0 aliphatic heterocycles. The Labute approximate surface area is 124 Å². The number of carbonyl (C=O) groups is 2. The molecule has 6 heteroatoms. The molecule has 1 aromatic rings. The van der Waals surface area contributed by atoms with Gasteiger partial charge in [0.2, 0.25) is 0 Å². The maximum Gasteiger partial charge on any atom is 0.407 e. The Balaban J connectivity index is 2.36. The first-order chi connectivity index (χ1) is 10.2. The number of ether oxygens (including phenoxy) is 2. The summed E-state index contributed by atoms with van der Waals surface area (Å²) in [5.74, 6) is -0.700. The molecule has 0 aliphatic carbocycles. The van der Waals surface area contributed by atoms with Gasteiger partial charge in [0.25, 0.3) is 0 Å². The van der Waals surface area contributed by atoms with Gasteiger partial charge in [0.05, 0.1) is 13.2 Å². The molecule has 21 heavy (non-hydrogen) atoms. The second-order valence-electron chi connectivity index (χ2n) is 4.46. The fraction of sp³-hybridized carbons (Fsp3) is 0.467. The monoisotopic (exact) mass is 295 g/mol. The highest BCUT2D eigenvalue weighted by molar-refractivity contribution is 5.81. The highest BCUT2D eigenvalue weighted by atomic mass is 16.6. The van der Waals surface area contributed by atoms with Gasteiger partial charge in [-0.25, -0.2) is 9.59 Å². The predicted octanol–water partition coefficient (Wildman–Crippen LogP) is 1.62. The Bertz CT molecular complexity index is 435. The van der Waals surface area contributed by atoms with E-state index < -0.39 is 24.7 Å². The number of esters is 1. The molecular weight excluding hydrogens is 274 g/mol. The van der Waals surface area contributed by atoms with Gasteiger partial charge in [-0.15, -0.1) is 0 Å². The Kier molecular flexibility index (Phi) is 7.89. The Hall–Kier alpha value is -2.08. The van der Waals surface area contributed by atoms with Crippen molar-refractivity contribution in [3.8, 4) is 0 Å². The van der Waals surface area contributed by atoms with Gasteiger partial charge in [-0.1, -0.05) is 43.7 Å². The van der Waals surface area contributed by atoms with Crippen molar-refractivity contribution in [2.24, 2.45) is 0 Å². The first-order valence-corrected chi connectivity index (χ1v) is 6.92. The van der Waals surface area contributed by atoms with Crippen LogP contribution in [-0.2, 0) is 20.9 Å². The minimum Gasteiger partial charge on any atom is -0.459 e. The van der Waals surface area contributed by atoms with E-state index in [1.54, 1.807) is 0 Å². The zero-order valence-corrected chi connectivity index (χ0v) is 12.1. The van der Waals surface area contributed by atoms with Crippen LogP contribution >= 0.6 is 0 Å². The summed E-state index contributed by atoms with van der Waals surface area (Å²) in [6, 6.07) is 8.02. The molecule has 1 rings (SSSR count). The van der Waals surface area contributed by atoms with Crippen LogP contribution < -0.4 is 5.32 Å². The lowest BCUT2D eigenvalue weighted by atomic mass is 10.2. The topological polar surface area (TPSA) is 84.9 Å². The number of carbonyl (C=O) groups excluding carboxylic acids is 2. The van der Waals surface area contributed by atoms with Gasteiger partial charge in [-0.3, -0.25) is 0 Å². The van der Waals surface area contributed by atoms with E-state index >= 15 is 0 Å². The van der Waals surface area contributed by atoms with Crippen molar-refractivity contribution in [3.05, 3.63) is 35.9 Å². The average Bonchev–Trinajstić information content (AvgIpc) is 2.51. The molecule has 2 N–H and O–H groups in total. The van der Waals surface area contributed by atoms with Gasteiger partial charge in [0.15, 0.2) is 6.04 Å². The quantitative estimate of drug-likeness (QED) is 0.562. The van der Waals surface area contributed by atoms with Gasteiger partial charge in [0.1, 0.15) is 6.61 Å². The number of hydrogen-bond donors (Lipinski definition) is 2. The number of aliphatic hydroxyl groups is 1. The van der Waals surface area contributed by atoms with Crippen LogP contribution in [0.3, 0.4) is 0 Å². The summed E-state index contributed by atoms with van der Waals surface area (Å²) in [4.78, 5) is 23.2. The van der Waals surface area contributed by atoms with Crippen LogP contribution in [0.1, 0.15) is 25.3 Å². The Morgan fingerprint density at radius 3 is 2.57 bits per heavy atom. The number of unbranched alkanes of at least 4 members (excludes halogenated alkanes) is 1. The SMILES string of the molecule is CCCCOC(=O)N[C@@H](CO)C(=O)OCc1ccccc1. The van der Waals surface area contributed by atoms with Crippen LogP contribution in [-0.4, -0.2) is 36.4 Å². The van der Waals surface area contributed by atoms with E-state index in [1.807, 2.05) is 37.3 Å². The standard InChI is InChI=1S/C15H21NO5/c1-2-3-9-20-15(19)16-13(10-17)14(18)21-11-12-7-5-4-6-8-12/h4-8,13,17H,2-3,9-11H2,1H3,(H,16,19)/t13-/m0/s1. The van der Waals surface area contributed by atoms with Crippen LogP contribution in [0.4, 0.5) is 4.79 Å². The van der Waals surface area contributed by atoms with E-state index in [-0.39, 0.29) is 13.2 Å². The number of hydrogen-bond acceptors (Lipinski definition) is 5. The van der Waals surface area contributed by atoms with E-state index in [9.17, 15) is 9.59 Å².